The molecule has 0 spiro atoms. The molecule has 2 aromatic rings. The van der Waals surface area contributed by atoms with E-state index in [1.165, 1.54) is 24.0 Å². The Balaban J connectivity index is 2.08. The molecular weight excluding hydrogens is 343 g/mol. The van der Waals surface area contributed by atoms with Crippen molar-refractivity contribution in [1.82, 2.24) is 4.90 Å². The summed E-state index contributed by atoms with van der Waals surface area (Å²) in [7, 11) is 0. The molecule has 0 aliphatic carbocycles. The summed E-state index contributed by atoms with van der Waals surface area (Å²) >= 11 is 6.19. The lowest BCUT2D eigenvalue weighted by molar-refractivity contribution is -0.133. The molecule has 4 nitrogen and oxygen atoms in total. The summed E-state index contributed by atoms with van der Waals surface area (Å²) in [6.45, 7) is 5.28. The van der Waals surface area contributed by atoms with Crippen molar-refractivity contribution in [2.24, 2.45) is 0 Å². The van der Waals surface area contributed by atoms with Crippen LogP contribution in [0.1, 0.15) is 23.6 Å². The van der Waals surface area contributed by atoms with Crippen molar-refractivity contribution in [3.05, 3.63) is 63.9 Å². The quantitative estimate of drug-likeness (QED) is 0.871. The highest BCUT2D eigenvalue weighted by atomic mass is 35.5. The molecule has 0 unspecified atom stereocenters. The van der Waals surface area contributed by atoms with Gasteiger partial charge < -0.3 is 10.2 Å². The Morgan fingerprint density at radius 3 is 2.36 bits per heavy atom. The number of aryl methyl sites for hydroxylation is 2. The molecule has 2 amide bonds. The molecule has 2 aromatic carbocycles. The largest absolute Gasteiger partial charge is 0.329 e. The van der Waals surface area contributed by atoms with E-state index < -0.39 is 0 Å². The van der Waals surface area contributed by atoms with Gasteiger partial charge in [-0.2, -0.15) is 0 Å². The van der Waals surface area contributed by atoms with Gasteiger partial charge in [0.2, 0.25) is 11.8 Å². The van der Waals surface area contributed by atoms with E-state index in [1.54, 1.807) is 18.2 Å². The van der Waals surface area contributed by atoms with Crippen LogP contribution in [0.15, 0.2) is 36.4 Å². The number of carbonyl (C=O) groups is 2. The summed E-state index contributed by atoms with van der Waals surface area (Å²) in [6.07, 6.45) is 0. The van der Waals surface area contributed by atoms with Gasteiger partial charge in [0.25, 0.3) is 0 Å². The van der Waals surface area contributed by atoms with Crippen LogP contribution in [0.5, 0.6) is 0 Å². The Hall–Kier alpha value is -2.40. The van der Waals surface area contributed by atoms with Gasteiger partial charge in [-0.25, -0.2) is 4.39 Å². The van der Waals surface area contributed by atoms with E-state index >= 15 is 0 Å². The van der Waals surface area contributed by atoms with Crippen molar-refractivity contribution in [3.63, 3.8) is 0 Å². The van der Waals surface area contributed by atoms with Gasteiger partial charge >= 0.3 is 0 Å². The summed E-state index contributed by atoms with van der Waals surface area (Å²) in [5.74, 6) is -0.933. The molecule has 0 aromatic heterocycles. The number of amides is 2. The zero-order valence-electron chi connectivity index (χ0n) is 14.4. The second-order valence-electron chi connectivity index (χ2n) is 5.99. The summed E-state index contributed by atoms with van der Waals surface area (Å²) < 4.78 is 13.0. The lowest BCUT2D eigenvalue weighted by Gasteiger charge is -2.21. The van der Waals surface area contributed by atoms with E-state index in [9.17, 15) is 14.0 Å². The minimum atomic E-state index is -0.347. The van der Waals surface area contributed by atoms with E-state index in [0.717, 1.165) is 16.7 Å². The van der Waals surface area contributed by atoms with Crippen LogP contribution in [0, 0.1) is 19.7 Å². The van der Waals surface area contributed by atoms with Crippen molar-refractivity contribution in [3.8, 4) is 0 Å². The van der Waals surface area contributed by atoms with Gasteiger partial charge in [-0.05, 0) is 48.7 Å². The molecule has 1 N–H and O–H groups in total. The van der Waals surface area contributed by atoms with Gasteiger partial charge in [0.05, 0.1) is 10.7 Å². The second-order valence-corrected chi connectivity index (χ2v) is 6.40. The predicted octanol–water partition coefficient (Wildman–Crippen LogP) is 4.08. The standard InChI is InChI=1S/C19H20ClFN2O2/c1-12-8-13(2)19(17(20)9-12)22-18(25)11-23(14(3)24)10-15-4-6-16(21)7-5-15/h4-9H,10-11H2,1-3H3,(H,22,25). The maximum absolute atomic E-state index is 13.0. The van der Waals surface area contributed by atoms with Crippen molar-refractivity contribution >= 4 is 29.1 Å². The summed E-state index contributed by atoms with van der Waals surface area (Å²) in [4.78, 5) is 25.6. The lowest BCUT2D eigenvalue weighted by atomic mass is 10.1. The van der Waals surface area contributed by atoms with Crippen LogP contribution in [0.3, 0.4) is 0 Å². The fraction of sp³-hybridized carbons (Fsp3) is 0.263. The van der Waals surface area contributed by atoms with Gasteiger partial charge in [-0.1, -0.05) is 29.8 Å². The van der Waals surface area contributed by atoms with Crippen LogP contribution in [-0.4, -0.2) is 23.3 Å². The van der Waals surface area contributed by atoms with E-state index in [-0.39, 0.29) is 30.7 Å². The Morgan fingerprint density at radius 2 is 1.80 bits per heavy atom. The number of carbonyl (C=O) groups excluding carboxylic acids is 2. The molecule has 6 heteroatoms. The molecule has 0 saturated heterocycles. The van der Waals surface area contributed by atoms with Crippen LogP contribution in [0.4, 0.5) is 10.1 Å². The van der Waals surface area contributed by atoms with Crippen molar-refractivity contribution < 1.29 is 14.0 Å². The normalized spacial score (nSPS) is 10.4. The average molecular weight is 363 g/mol. The number of anilines is 1. The van der Waals surface area contributed by atoms with E-state index in [4.69, 9.17) is 11.6 Å². The lowest BCUT2D eigenvalue weighted by Crippen LogP contribution is -2.36. The van der Waals surface area contributed by atoms with E-state index in [0.29, 0.717) is 10.7 Å². The SMILES string of the molecule is CC(=O)N(CC(=O)Nc1c(C)cc(C)cc1Cl)Cc1ccc(F)cc1. The molecule has 0 aliphatic heterocycles. The molecule has 0 atom stereocenters. The molecule has 0 saturated carbocycles. The third kappa shape index (κ3) is 5.29. The third-order valence-corrected chi connectivity index (χ3v) is 4.06. The van der Waals surface area contributed by atoms with Crippen molar-refractivity contribution in [1.29, 1.82) is 0 Å². The van der Waals surface area contributed by atoms with Gasteiger partial charge in [0.15, 0.2) is 0 Å². The summed E-state index contributed by atoms with van der Waals surface area (Å²) in [6, 6.07) is 9.51. The summed E-state index contributed by atoms with van der Waals surface area (Å²) in [5.41, 5.74) is 3.14. The van der Waals surface area contributed by atoms with E-state index in [1.807, 2.05) is 19.9 Å². The monoisotopic (exact) mass is 362 g/mol. The molecule has 0 fully saturated rings. The highest BCUT2D eigenvalue weighted by Gasteiger charge is 2.16. The van der Waals surface area contributed by atoms with Crippen LogP contribution in [0.2, 0.25) is 5.02 Å². The van der Waals surface area contributed by atoms with Crippen LogP contribution in [0.25, 0.3) is 0 Å². The Labute approximate surface area is 151 Å². The molecule has 0 heterocycles. The smallest absolute Gasteiger partial charge is 0.244 e. The first-order chi connectivity index (χ1) is 11.8. The second kappa shape index (κ2) is 8.12. The molecular formula is C19H20ClFN2O2. The van der Waals surface area contributed by atoms with Gasteiger partial charge in [-0.15, -0.1) is 0 Å². The Bertz CT molecular complexity index is 768. The average Bonchev–Trinajstić information content (AvgIpc) is 2.52. The van der Waals surface area contributed by atoms with Gasteiger partial charge in [-0.3, -0.25) is 9.59 Å². The van der Waals surface area contributed by atoms with Gasteiger partial charge in [0.1, 0.15) is 12.4 Å². The molecule has 0 aliphatic rings. The fourth-order valence-corrected chi connectivity index (χ4v) is 2.88. The van der Waals surface area contributed by atoms with Crippen molar-refractivity contribution in [2.75, 3.05) is 11.9 Å². The van der Waals surface area contributed by atoms with Gasteiger partial charge in [0, 0.05) is 13.5 Å². The maximum atomic E-state index is 13.0. The van der Waals surface area contributed by atoms with Crippen LogP contribution >= 0.6 is 11.6 Å². The first kappa shape index (κ1) is 18.9. The first-order valence-corrected chi connectivity index (χ1v) is 8.20. The number of nitrogens with zero attached hydrogens (tertiary/aromatic N) is 1. The van der Waals surface area contributed by atoms with Crippen LogP contribution in [-0.2, 0) is 16.1 Å². The minimum absolute atomic E-state index is 0.115. The van der Waals surface area contributed by atoms with Crippen molar-refractivity contribution in [2.45, 2.75) is 27.3 Å². The third-order valence-electron chi connectivity index (χ3n) is 3.76. The van der Waals surface area contributed by atoms with E-state index in [2.05, 4.69) is 5.32 Å². The minimum Gasteiger partial charge on any atom is -0.329 e. The van der Waals surface area contributed by atoms with Crippen LogP contribution < -0.4 is 5.32 Å². The number of hydrogen-bond acceptors (Lipinski definition) is 2. The molecule has 2 rings (SSSR count). The molecule has 0 bridgehead atoms. The Morgan fingerprint density at radius 1 is 1.16 bits per heavy atom. The zero-order valence-corrected chi connectivity index (χ0v) is 15.2. The molecule has 132 valence electrons. The number of benzene rings is 2. The Kier molecular flexibility index (Phi) is 6.15. The topological polar surface area (TPSA) is 49.4 Å². The number of nitrogens with one attached hydrogen (secondary N) is 1. The highest BCUT2D eigenvalue weighted by Crippen LogP contribution is 2.27. The number of halogens is 2. The fourth-order valence-electron chi connectivity index (χ4n) is 2.52. The number of hydrogen-bond donors (Lipinski definition) is 1. The molecule has 25 heavy (non-hydrogen) atoms. The molecule has 0 radical (unpaired) electrons. The first-order valence-electron chi connectivity index (χ1n) is 7.83. The zero-order chi connectivity index (χ0) is 18.6. The predicted molar refractivity (Wildman–Crippen MR) is 97.0 cm³/mol. The highest BCUT2D eigenvalue weighted by molar-refractivity contribution is 6.34. The maximum Gasteiger partial charge on any atom is 0.244 e. The summed E-state index contributed by atoms with van der Waals surface area (Å²) in [5, 5.41) is 3.22. The number of rotatable bonds is 5.